The van der Waals surface area contributed by atoms with Crippen LogP contribution in [-0.4, -0.2) is 23.6 Å². The van der Waals surface area contributed by atoms with Gasteiger partial charge in [0.05, 0.1) is 7.11 Å². The minimum atomic E-state index is 0.571. The van der Waals surface area contributed by atoms with Gasteiger partial charge in [0, 0.05) is 12.6 Å². The number of ether oxygens (including phenoxy) is 1. The summed E-state index contributed by atoms with van der Waals surface area (Å²) < 4.78 is 5.03. The predicted octanol–water partition coefficient (Wildman–Crippen LogP) is 2.14. The molecular weight excluding hydrogens is 214 g/mol. The molecule has 0 spiro atoms. The van der Waals surface area contributed by atoms with Crippen molar-refractivity contribution in [1.29, 1.82) is 0 Å². The minimum absolute atomic E-state index is 0.571. The van der Waals surface area contributed by atoms with Gasteiger partial charge in [0.25, 0.3) is 0 Å². The number of nitrogens with zero attached hydrogens (tertiary/aromatic N) is 2. The second kappa shape index (κ2) is 5.84. The molecular formula is C13H15N3O. The first-order valence-corrected chi connectivity index (χ1v) is 5.52. The molecule has 0 unspecified atom stereocenters. The fraction of sp³-hybridized carbons (Fsp3) is 0.231. The van der Waals surface area contributed by atoms with Gasteiger partial charge in [-0.15, -0.1) is 0 Å². The fourth-order valence-corrected chi connectivity index (χ4v) is 1.53. The Hall–Kier alpha value is -2.10. The average Bonchev–Trinajstić information content (AvgIpc) is 2.40. The summed E-state index contributed by atoms with van der Waals surface area (Å²) in [7, 11) is 1.59. The molecule has 0 amide bonds. The molecule has 0 saturated carbocycles. The van der Waals surface area contributed by atoms with Crippen molar-refractivity contribution >= 4 is 5.82 Å². The molecule has 0 radical (unpaired) electrons. The van der Waals surface area contributed by atoms with Gasteiger partial charge in [-0.1, -0.05) is 30.3 Å². The highest BCUT2D eigenvalue weighted by Gasteiger charge is 1.97. The number of aromatic nitrogens is 2. The Labute approximate surface area is 101 Å². The van der Waals surface area contributed by atoms with Crippen LogP contribution >= 0.6 is 0 Å². The topological polar surface area (TPSA) is 47.0 Å². The van der Waals surface area contributed by atoms with Gasteiger partial charge >= 0.3 is 0 Å². The summed E-state index contributed by atoms with van der Waals surface area (Å²) in [6, 6.07) is 12.1. The van der Waals surface area contributed by atoms with E-state index in [9.17, 15) is 0 Å². The van der Waals surface area contributed by atoms with Gasteiger partial charge in [-0.25, -0.2) is 9.97 Å². The molecule has 0 aliphatic heterocycles. The van der Waals surface area contributed by atoms with Crippen molar-refractivity contribution in [2.45, 2.75) is 6.42 Å². The standard InChI is InChI=1S/C13H15N3O/c1-17-13-9-12(15-10-16-13)14-8-7-11-5-3-2-4-6-11/h2-6,9-10H,7-8H2,1H3,(H,14,15,16). The zero-order valence-electron chi connectivity index (χ0n) is 9.76. The van der Waals surface area contributed by atoms with E-state index in [4.69, 9.17) is 4.74 Å². The number of rotatable bonds is 5. The Morgan fingerprint density at radius 2 is 2.00 bits per heavy atom. The van der Waals surface area contributed by atoms with Crippen LogP contribution in [0.1, 0.15) is 5.56 Å². The van der Waals surface area contributed by atoms with Gasteiger partial charge in [0.15, 0.2) is 0 Å². The van der Waals surface area contributed by atoms with Crippen LogP contribution < -0.4 is 10.1 Å². The minimum Gasteiger partial charge on any atom is -0.481 e. The van der Waals surface area contributed by atoms with Crippen LogP contribution in [0.2, 0.25) is 0 Å². The van der Waals surface area contributed by atoms with E-state index >= 15 is 0 Å². The van der Waals surface area contributed by atoms with Gasteiger partial charge in [-0.2, -0.15) is 0 Å². The summed E-state index contributed by atoms with van der Waals surface area (Å²) in [5, 5.41) is 3.24. The highest BCUT2D eigenvalue weighted by molar-refractivity contribution is 5.37. The monoisotopic (exact) mass is 229 g/mol. The van der Waals surface area contributed by atoms with Gasteiger partial charge in [-0.05, 0) is 12.0 Å². The lowest BCUT2D eigenvalue weighted by molar-refractivity contribution is 0.397. The molecule has 0 bridgehead atoms. The van der Waals surface area contributed by atoms with Crippen molar-refractivity contribution in [1.82, 2.24) is 9.97 Å². The maximum atomic E-state index is 5.03. The molecule has 0 fully saturated rings. The molecule has 0 atom stereocenters. The van der Waals surface area contributed by atoms with Crippen molar-refractivity contribution in [2.75, 3.05) is 19.0 Å². The number of hydrogen-bond donors (Lipinski definition) is 1. The van der Waals surface area contributed by atoms with Crippen molar-refractivity contribution in [2.24, 2.45) is 0 Å². The largest absolute Gasteiger partial charge is 0.481 e. The van der Waals surface area contributed by atoms with E-state index < -0.39 is 0 Å². The van der Waals surface area contributed by atoms with Gasteiger partial charge in [0.1, 0.15) is 12.1 Å². The van der Waals surface area contributed by atoms with Gasteiger partial charge < -0.3 is 10.1 Å². The van der Waals surface area contributed by atoms with Gasteiger partial charge in [0.2, 0.25) is 5.88 Å². The number of hydrogen-bond acceptors (Lipinski definition) is 4. The molecule has 2 aromatic rings. The zero-order valence-corrected chi connectivity index (χ0v) is 9.76. The van der Waals surface area contributed by atoms with Crippen molar-refractivity contribution < 1.29 is 4.74 Å². The molecule has 0 saturated heterocycles. The third kappa shape index (κ3) is 3.45. The molecule has 1 aromatic heterocycles. The van der Waals surface area contributed by atoms with E-state index in [1.807, 2.05) is 18.2 Å². The summed E-state index contributed by atoms with van der Waals surface area (Å²) in [6.45, 7) is 0.837. The molecule has 17 heavy (non-hydrogen) atoms. The molecule has 2 rings (SSSR count). The Bertz CT molecular complexity index is 459. The molecule has 1 aromatic carbocycles. The van der Waals surface area contributed by atoms with E-state index in [-0.39, 0.29) is 0 Å². The molecule has 4 heteroatoms. The molecule has 88 valence electrons. The highest BCUT2D eigenvalue weighted by atomic mass is 16.5. The van der Waals surface area contributed by atoms with Crippen molar-refractivity contribution in [3.63, 3.8) is 0 Å². The maximum absolute atomic E-state index is 5.03. The molecule has 0 aliphatic rings. The quantitative estimate of drug-likeness (QED) is 0.853. The number of nitrogens with one attached hydrogen (secondary N) is 1. The summed E-state index contributed by atoms with van der Waals surface area (Å²) in [5.74, 6) is 1.36. The van der Waals surface area contributed by atoms with Gasteiger partial charge in [-0.3, -0.25) is 0 Å². The molecule has 1 heterocycles. The van der Waals surface area contributed by atoms with Crippen molar-refractivity contribution in [3.8, 4) is 5.88 Å². The summed E-state index contributed by atoms with van der Waals surface area (Å²) in [4.78, 5) is 8.07. The van der Waals surface area contributed by atoms with Crippen LogP contribution in [0.25, 0.3) is 0 Å². The van der Waals surface area contributed by atoms with Crippen LogP contribution in [0, 0.1) is 0 Å². The molecule has 4 nitrogen and oxygen atoms in total. The summed E-state index contributed by atoms with van der Waals surface area (Å²) in [5.41, 5.74) is 1.31. The second-order valence-corrected chi connectivity index (χ2v) is 3.61. The zero-order chi connectivity index (χ0) is 11.9. The highest BCUT2D eigenvalue weighted by Crippen LogP contribution is 2.10. The van der Waals surface area contributed by atoms with Crippen LogP contribution in [-0.2, 0) is 6.42 Å². The van der Waals surface area contributed by atoms with Crippen LogP contribution in [0.3, 0.4) is 0 Å². The molecule has 0 aliphatic carbocycles. The smallest absolute Gasteiger partial charge is 0.218 e. The number of methoxy groups -OCH3 is 1. The predicted molar refractivity (Wildman–Crippen MR) is 67.2 cm³/mol. The van der Waals surface area contributed by atoms with E-state index in [1.54, 1.807) is 13.2 Å². The normalized spacial score (nSPS) is 9.94. The van der Waals surface area contributed by atoms with E-state index in [0.717, 1.165) is 18.8 Å². The lowest BCUT2D eigenvalue weighted by Gasteiger charge is -2.06. The first-order chi connectivity index (χ1) is 8.38. The lowest BCUT2D eigenvalue weighted by Crippen LogP contribution is -2.06. The second-order valence-electron chi connectivity index (χ2n) is 3.61. The fourth-order valence-electron chi connectivity index (χ4n) is 1.53. The number of benzene rings is 1. The molecule has 1 N–H and O–H groups in total. The first-order valence-electron chi connectivity index (χ1n) is 5.52. The van der Waals surface area contributed by atoms with Crippen LogP contribution in [0.15, 0.2) is 42.7 Å². The number of anilines is 1. The van der Waals surface area contributed by atoms with Crippen LogP contribution in [0.4, 0.5) is 5.82 Å². The SMILES string of the molecule is COc1cc(NCCc2ccccc2)ncn1. The van der Waals surface area contributed by atoms with Crippen molar-refractivity contribution in [3.05, 3.63) is 48.3 Å². The Kier molecular flexibility index (Phi) is 3.91. The average molecular weight is 229 g/mol. The van der Waals surface area contributed by atoms with E-state index in [0.29, 0.717) is 5.88 Å². The Morgan fingerprint density at radius 3 is 2.76 bits per heavy atom. The van der Waals surface area contributed by atoms with Crippen LogP contribution in [0.5, 0.6) is 5.88 Å². The van der Waals surface area contributed by atoms with E-state index in [2.05, 4.69) is 27.4 Å². The Morgan fingerprint density at radius 1 is 1.18 bits per heavy atom. The third-order valence-corrected chi connectivity index (χ3v) is 2.41. The maximum Gasteiger partial charge on any atom is 0.218 e. The Balaban J connectivity index is 1.86. The first kappa shape index (κ1) is 11.4. The van der Waals surface area contributed by atoms with E-state index in [1.165, 1.54) is 11.9 Å². The lowest BCUT2D eigenvalue weighted by atomic mass is 10.1. The summed E-state index contributed by atoms with van der Waals surface area (Å²) >= 11 is 0. The summed E-state index contributed by atoms with van der Waals surface area (Å²) in [6.07, 6.45) is 2.46. The third-order valence-electron chi connectivity index (χ3n) is 2.41.